The highest BCUT2D eigenvalue weighted by molar-refractivity contribution is 5.91. The first-order chi connectivity index (χ1) is 7.27. The first kappa shape index (κ1) is 10.2. The zero-order valence-corrected chi connectivity index (χ0v) is 8.57. The molecular formula is C12H15NO2. The van der Waals surface area contributed by atoms with Gasteiger partial charge in [-0.25, -0.2) is 0 Å². The summed E-state index contributed by atoms with van der Waals surface area (Å²) in [7, 11) is 0. The monoisotopic (exact) mass is 205 g/mol. The maximum atomic E-state index is 11.5. The number of nitrogens with one attached hydrogen (secondary N) is 1. The van der Waals surface area contributed by atoms with Crippen molar-refractivity contribution < 1.29 is 9.90 Å². The van der Waals surface area contributed by atoms with Crippen LogP contribution in [0.15, 0.2) is 24.3 Å². The van der Waals surface area contributed by atoms with Crippen molar-refractivity contribution in [2.24, 2.45) is 0 Å². The number of hydrogen-bond acceptors (Lipinski definition) is 2. The van der Waals surface area contributed by atoms with Gasteiger partial charge in [-0.15, -0.1) is 0 Å². The van der Waals surface area contributed by atoms with Crippen LogP contribution in [0, 0.1) is 0 Å². The number of hydrogen-bond donors (Lipinski definition) is 2. The van der Waals surface area contributed by atoms with Crippen molar-refractivity contribution in [3.63, 3.8) is 0 Å². The topological polar surface area (TPSA) is 49.3 Å². The fourth-order valence-electron chi connectivity index (χ4n) is 1.89. The quantitative estimate of drug-likeness (QED) is 0.682. The summed E-state index contributed by atoms with van der Waals surface area (Å²) in [5.41, 5.74) is 1.57. The molecule has 0 radical (unpaired) electrons. The van der Waals surface area contributed by atoms with Gasteiger partial charge in [0, 0.05) is 17.7 Å². The molecule has 1 aliphatic rings. The summed E-state index contributed by atoms with van der Waals surface area (Å²) in [6, 6.07) is 7.45. The molecule has 0 saturated carbocycles. The molecular weight excluding hydrogens is 190 g/mol. The van der Waals surface area contributed by atoms with Crippen LogP contribution in [-0.2, 0) is 4.79 Å². The Morgan fingerprint density at radius 2 is 2.07 bits per heavy atom. The molecule has 2 rings (SSSR count). The van der Waals surface area contributed by atoms with Gasteiger partial charge in [0.05, 0.1) is 6.10 Å². The van der Waals surface area contributed by atoms with E-state index in [1.807, 2.05) is 24.3 Å². The molecule has 15 heavy (non-hydrogen) atoms. The predicted molar refractivity (Wildman–Crippen MR) is 58.5 cm³/mol. The third-order valence-corrected chi connectivity index (χ3v) is 2.73. The molecule has 1 aromatic carbocycles. The molecule has 80 valence electrons. The molecule has 1 amide bonds. The summed E-state index contributed by atoms with van der Waals surface area (Å²) in [5, 5.41) is 12.8. The molecule has 1 unspecified atom stereocenters. The number of amides is 1. The molecule has 1 atom stereocenters. The Balaban J connectivity index is 2.33. The number of para-hydroxylation sites is 1. The second-order valence-electron chi connectivity index (χ2n) is 3.90. The van der Waals surface area contributed by atoms with E-state index in [0.29, 0.717) is 6.42 Å². The van der Waals surface area contributed by atoms with E-state index in [1.54, 1.807) is 0 Å². The van der Waals surface area contributed by atoms with E-state index in [0.717, 1.165) is 30.5 Å². The number of aliphatic hydroxyl groups excluding tert-OH is 1. The van der Waals surface area contributed by atoms with Crippen LogP contribution in [0.4, 0.5) is 5.69 Å². The van der Waals surface area contributed by atoms with E-state index >= 15 is 0 Å². The van der Waals surface area contributed by atoms with Gasteiger partial charge >= 0.3 is 0 Å². The molecule has 1 aromatic rings. The smallest absolute Gasteiger partial charge is 0.224 e. The van der Waals surface area contributed by atoms with Gasteiger partial charge in [0.2, 0.25) is 5.91 Å². The molecule has 0 fully saturated rings. The number of carbonyl (C=O) groups excluding carboxylic acids is 1. The maximum Gasteiger partial charge on any atom is 0.224 e. The van der Waals surface area contributed by atoms with Gasteiger partial charge in [0.25, 0.3) is 0 Å². The fourth-order valence-corrected chi connectivity index (χ4v) is 1.89. The Labute approximate surface area is 89.1 Å². The number of aliphatic hydroxyl groups is 1. The highest BCUT2D eigenvalue weighted by Gasteiger charge is 2.15. The lowest BCUT2D eigenvalue weighted by Gasteiger charge is -2.13. The zero-order chi connectivity index (χ0) is 10.7. The van der Waals surface area contributed by atoms with Crippen LogP contribution in [0.25, 0.3) is 0 Å². The fraction of sp³-hybridized carbons (Fsp3) is 0.417. The molecule has 3 nitrogen and oxygen atoms in total. The molecule has 0 aliphatic carbocycles. The summed E-state index contributed by atoms with van der Waals surface area (Å²) < 4.78 is 0. The molecule has 2 N–H and O–H groups in total. The minimum Gasteiger partial charge on any atom is -0.388 e. The van der Waals surface area contributed by atoms with Crippen molar-refractivity contribution in [1.82, 2.24) is 0 Å². The molecule has 1 heterocycles. The Morgan fingerprint density at radius 3 is 2.93 bits per heavy atom. The summed E-state index contributed by atoms with van der Waals surface area (Å²) >= 11 is 0. The number of benzene rings is 1. The number of rotatable bonds is 0. The zero-order valence-electron chi connectivity index (χ0n) is 8.57. The van der Waals surface area contributed by atoms with Gasteiger partial charge in [0.15, 0.2) is 0 Å². The Morgan fingerprint density at radius 1 is 1.27 bits per heavy atom. The van der Waals surface area contributed by atoms with Crippen LogP contribution in [0.3, 0.4) is 0 Å². The van der Waals surface area contributed by atoms with Crippen molar-refractivity contribution in [2.75, 3.05) is 5.32 Å². The van der Waals surface area contributed by atoms with Crippen molar-refractivity contribution in [1.29, 1.82) is 0 Å². The molecule has 0 saturated heterocycles. The molecule has 0 spiro atoms. The molecule has 3 heteroatoms. The van der Waals surface area contributed by atoms with Gasteiger partial charge in [-0.2, -0.15) is 0 Å². The van der Waals surface area contributed by atoms with Crippen LogP contribution >= 0.6 is 0 Å². The second-order valence-corrected chi connectivity index (χ2v) is 3.90. The van der Waals surface area contributed by atoms with Gasteiger partial charge in [-0.05, 0) is 18.9 Å². The standard InChI is InChI=1S/C12H15NO2/c14-11-7-3-4-8-12(15)13-10-6-2-1-5-9(10)11/h1-2,5-6,11,14H,3-4,7-8H2,(H,13,15). The molecule has 0 bridgehead atoms. The number of anilines is 1. The lowest BCUT2D eigenvalue weighted by molar-refractivity contribution is -0.116. The highest BCUT2D eigenvalue weighted by atomic mass is 16.3. The minimum absolute atomic E-state index is 0.0385. The lowest BCUT2D eigenvalue weighted by Crippen LogP contribution is -2.12. The summed E-state index contributed by atoms with van der Waals surface area (Å²) in [6.45, 7) is 0. The van der Waals surface area contributed by atoms with Gasteiger partial charge in [-0.3, -0.25) is 4.79 Å². The van der Waals surface area contributed by atoms with Crippen LogP contribution in [0.2, 0.25) is 0 Å². The lowest BCUT2D eigenvalue weighted by atomic mass is 10.0. The molecule has 1 aliphatic heterocycles. The third-order valence-electron chi connectivity index (χ3n) is 2.73. The van der Waals surface area contributed by atoms with E-state index < -0.39 is 6.10 Å². The van der Waals surface area contributed by atoms with Crippen LogP contribution in [0.5, 0.6) is 0 Å². The van der Waals surface area contributed by atoms with Crippen LogP contribution in [-0.4, -0.2) is 11.0 Å². The van der Waals surface area contributed by atoms with Crippen molar-refractivity contribution >= 4 is 11.6 Å². The first-order valence-corrected chi connectivity index (χ1v) is 5.34. The Kier molecular flexibility index (Phi) is 3.02. The maximum absolute atomic E-state index is 11.5. The van der Waals surface area contributed by atoms with Crippen molar-refractivity contribution in [3.05, 3.63) is 29.8 Å². The largest absolute Gasteiger partial charge is 0.388 e. The first-order valence-electron chi connectivity index (χ1n) is 5.34. The SMILES string of the molecule is O=C1CCCCC(O)c2ccccc2N1. The summed E-state index contributed by atoms with van der Waals surface area (Å²) in [4.78, 5) is 11.5. The van der Waals surface area contributed by atoms with E-state index in [1.165, 1.54) is 0 Å². The molecule has 0 aromatic heterocycles. The van der Waals surface area contributed by atoms with E-state index in [4.69, 9.17) is 0 Å². The second kappa shape index (κ2) is 4.45. The minimum atomic E-state index is -0.459. The summed E-state index contributed by atoms with van der Waals surface area (Å²) in [6.07, 6.45) is 2.55. The van der Waals surface area contributed by atoms with E-state index in [-0.39, 0.29) is 5.91 Å². The van der Waals surface area contributed by atoms with E-state index in [9.17, 15) is 9.90 Å². The predicted octanol–water partition coefficient (Wildman–Crippen LogP) is 2.23. The van der Waals surface area contributed by atoms with Crippen molar-refractivity contribution in [3.8, 4) is 0 Å². The van der Waals surface area contributed by atoms with Crippen LogP contribution in [0.1, 0.15) is 37.4 Å². The summed E-state index contributed by atoms with van der Waals surface area (Å²) in [5.74, 6) is 0.0385. The van der Waals surface area contributed by atoms with Gasteiger partial charge in [-0.1, -0.05) is 24.6 Å². The average molecular weight is 205 g/mol. The van der Waals surface area contributed by atoms with Gasteiger partial charge < -0.3 is 10.4 Å². The van der Waals surface area contributed by atoms with Crippen molar-refractivity contribution in [2.45, 2.75) is 31.8 Å². The number of carbonyl (C=O) groups is 1. The number of fused-ring (bicyclic) bond motifs is 1. The third kappa shape index (κ3) is 2.36. The highest BCUT2D eigenvalue weighted by Crippen LogP contribution is 2.28. The van der Waals surface area contributed by atoms with Gasteiger partial charge in [0.1, 0.15) is 0 Å². The average Bonchev–Trinajstić information content (AvgIpc) is 2.30. The van der Waals surface area contributed by atoms with Crippen LogP contribution < -0.4 is 5.32 Å². The van der Waals surface area contributed by atoms with E-state index in [2.05, 4.69) is 5.32 Å². The normalized spacial score (nSPS) is 21.9. The Bertz CT molecular complexity index is 362. The Hall–Kier alpha value is -1.35.